The maximum atomic E-state index is 11.1. The molecule has 0 amide bonds. The third-order valence-electron chi connectivity index (χ3n) is 3.10. The van der Waals surface area contributed by atoms with E-state index in [1.165, 1.54) is 11.6 Å². The van der Waals surface area contributed by atoms with Crippen molar-refractivity contribution in [3.63, 3.8) is 0 Å². The zero-order valence-corrected chi connectivity index (χ0v) is 11.3. The van der Waals surface area contributed by atoms with Crippen LogP contribution in [0.1, 0.15) is 16.7 Å². The van der Waals surface area contributed by atoms with Crippen LogP contribution in [0.3, 0.4) is 0 Å². The topological polar surface area (TPSA) is 81.2 Å². The molecule has 0 aliphatic rings. The van der Waals surface area contributed by atoms with Gasteiger partial charge in [-0.15, -0.1) is 0 Å². The van der Waals surface area contributed by atoms with E-state index in [1.807, 2.05) is 31.2 Å². The molecule has 2 aromatic rings. The molecule has 0 spiro atoms. The average Bonchev–Trinajstić information content (AvgIpc) is 2.46. The van der Waals surface area contributed by atoms with Gasteiger partial charge in [-0.25, -0.2) is 0 Å². The number of benzene rings is 2. The van der Waals surface area contributed by atoms with Gasteiger partial charge < -0.3 is 11.1 Å². The molecular weight excluding hydrogens is 254 g/mol. The molecule has 0 aliphatic heterocycles. The van der Waals surface area contributed by atoms with Crippen molar-refractivity contribution in [3.8, 4) is 0 Å². The Morgan fingerprint density at radius 2 is 1.80 bits per heavy atom. The number of nitrogens with zero attached hydrogens (tertiary/aromatic N) is 1. The van der Waals surface area contributed by atoms with Crippen LogP contribution in [0, 0.1) is 17.0 Å². The summed E-state index contributed by atoms with van der Waals surface area (Å²) in [5.74, 6) is 0. The highest BCUT2D eigenvalue weighted by molar-refractivity contribution is 5.62. The molecule has 0 bridgehead atoms. The fourth-order valence-electron chi connectivity index (χ4n) is 1.91. The second-order valence-electron chi connectivity index (χ2n) is 4.65. The van der Waals surface area contributed by atoms with E-state index >= 15 is 0 Å². The van der Waals surface area contributed by atoms with Gasteiger partial charge >= 0.3 is 0 Å². The van der Waals surface area contributed by atoms with Gasteiger partial charge in [0.05, 0.1) is 4.92 Å². The van der Waals surface area contributed by atoms with Crippen LogP contribution in [0.2, 0.25) is 0 Å². The molecule has 5 nitrogen and oxygen atoms in total. The first-order valence-electron chi connectivity index (χ1n) is 6.37. The van der Waals surface area contributed by atoms with E-state index in [2.05, 4.69) is 5.32 Å². The van der Waals surface area contributed by atoms with Crippen molar-refractivity contribution >= 4 is 11.4 Å². The molecule has 0 fully saturated rings. The largest absolute Gasteiger partial charge is 0.375 e. The molecule has 0 saturated carbocycles. The molecule has 2 aromatic carbocycles. The Balaban J connectivity index is 2.16. The Morgan fingerprint density at radius 3 is 2.40 bits per heavy atom. The van der Waals surface area contributed by atoms with Crippen molar-refractivity contribution in [1.29, 1.82) is 0 Å². The SMILES string of the molecule is Cc1ccc(CNc2ccc(CN)cc2[N+](=O)[O-])cc1. The Hall–Kier alpha value is -2.40. The summed E-state index contributed by atoms with van der Waals surface area (Å²) >= 11 is 0. The summed E-state index contributed by atoms with van der Waals surface area (Å²) < 4.78 is 0. The van der Waals surface area contributed by atoms with Crippen LogP contribution in [0.5, 0.6) is 0 Å². The minimum Gasteiger partial charge on any atom is -0.375 e. The Kier molecular flexibility index (Phi) is 4.32. The summed E-state index contributed by atoms with van der Waals surface area (Å²) in [6.07, 6.45) is 0. The summed E-state index contributed by atoms with van der Waals surface area (Å²) in [6, 6.07) is 13.0. The van der Waals surface area contributed by atoms with Gasteiger partial charge in [0, 0.05) is 19.2 Å². The van der Waals surface area contributed by atoms with Crippen LogP contribution in [-0.4, -0.2) is 4.92 Å². The number of aryl methyl sites for hydroxylation is 1. The highest BCUT2D eigenvalue weighted by Crippen LogP contribution is 2.26. The molecule has 0 atom stereocenters. The highest BCUT2D eigenvalue weighted by Gasteiger charge is 2.13. The number of nitrogens with one attached hydrogen (secondary N) is 1. The molecule has 0 radical (unpaired) electrons. The molecule has 3 N–H and O–H groups in total. The molecule has 0 unspecified atom stereocenters. The molecule has 104 valence electrons. The molecule has 0 aromatic heterocycles. The summed E-state index contributed by atoms with van der Waals surface area (Å²) in [7, 11) is 0. The number of anilines is 1. The minimum absolute atomic E-state index is 0.0556. The predicted octanol–water partition coefficient (Wildman–Crippen LogP) is 2.97. The van der Waals surface area contributed by atoms with Crippen LogP contribution in [0.25, 0.3) is 0 Å². The van der Waals surface area contributed by atoms with Gasteiger partial charge in [0.15, 0.2) is 0 Å². The summed E-state index contributed by atoms with van der Waals surface area (Å²) in [5, 5.41) is 14.2. The fourth-order valence-corrected chi connectivity index (χ4v) is 1.91. The first-order chi connectivity index (χ1) is 9.60. The number of nitro benzene ring substituents is 1. The van der Waals surface area contributed by atoms with Crippen molar-refractivity contribution in [2.45, 2.75) is 20.0 Å². The number of nitro groups is 1. The third kappa shape index (κ3) is 3.33. The zero-order chi connectivity index (χ0) is 14.5. The van der Waals surface area contributed by atoms with Gasteiger partial charge in [-0.1, -0.05) is 35.9 Å². The Labute approximate surface area is 117 Å². The maximum absolute atomic E-state index is 11.1. The first kappa shape index (κ1) is 14.0. The van der Waals surface area contributed by atoms with Crippen molar-refractivity contribution in [2.75, 3.05) is 5.32 Å². The van der Waals surface area contributed by atoms with E-state index in [-0.39, 0.29) is 5.69 Å². The van der Waals surface area contributed by atoms with Crippen LogP contribution < -0.4 is 11.1 Å². The lowest BCUT2D eigenvalue weighted by molar-refractivity contribution is -0.384. The van der Waals surface area contributed by atoms with Gasteiger partial charge in [-0.3, -0.25) is 10.1 Å². The molecule has 0 aliphatic carbocycles. The van der Waals surface area contributed by atoms with Crippen LogP contribution in [0.4, 0.5) is 11.4 Å². The summed E-state index contributed by atoms with van der Waals surface area (Å²) in [6.45, 7) is 2.86. The predicted molar refractivity (Wildman–Crippen MR) is 79.5 cm³/mol. The smallest absolute Gasteiger partial charge is 0.292 e. The summed E-state index contributed by atoms with van der Waals surface area (Å²) in [5.41, 5.74) is 9.08. The van der Waals surface area contributed by atoms with Gasteiger partial charge in [-0.05, 0) is 24.1 Å². The van der Waals surface area contributed by atoms with Crippen LogP contribution >= 0.6 is 0 Å². The standard InChI is InChI=1S/C15H17N3O2/c1-11-2-4-12(5-3-11)10-17-14-7-6-13(9-16)8-15(14)18(19)20/h2-8,17H,9-10,16H2,1H3. The average molecular weight is 271 g/mol. The number of rotatable bonds is 5. The van der Waals surface area contributed by atoms with Crippen molar-refractivity contribution in [3.05, 3.63) is 69.3 Å². The maximum Gasteiger partial charge on any atom is 0.292 e. The molecule has 20 heavy (non-hydrogen) atoms. The molecule has 2 rings (SSSR count). The molecular formula is C15H17N3O2. The van der Waals surface area contributed by atoms with Crippen LogP contribution in [0.15, 0.2) is 42.5 Å². The van der Waals surface area contributed by atoms with E-state index in [0.29, 0.717) is 18.8 Å². The lowest BCUT2D eigenvalue weighted by atomic mass is 10.1. The quantitative estimate of drug-likeness (QED) is 0.647. The number of hydrogen-bond acceptors (Lipinski definition) is 4. The van der Waals surface area contributed by atoms with Gasteiger partial charge in [0.1, 0.15) is 5.69 Å². The fraction of sp³-hybridized carbons (Fsp3) is 0.200. The van der Waals surface area contributed by atoms with E-state index < -0.39 is 4.92 Å². The van der Waals surface area contributed by atoms with Crippen molar-refractivity contribution < 1.29 is 4.92 Å². The molecule has 5 heteroatoms. The van der Waals surface area contributed by atoms with Gasteiger partial charge in [0.2, 0.25) is 0 Å². The molecule has 0 saturated heterocycles. The van der Waals surface area contributed by atoms with Crippen molar-refractivity contribution in [2.24, 2.45) is 5.73 Å². The van der Waals surface area contributed by atoms with Gasteiger partial charge in [0.25, 0.3) is 5.69 Å². The highest BCUT2D eigenvalue weighted by atomic mass is 16.6. The van der Waals surface area contributed by atoms with E-state index in [1.54, 1.807) is 12.1 Å². The lowest BCUT2D eigenvalue weighted by Gasteiger charge is -2.08. The lowest BCUT2D eigenvalue weighted by Crippen LogP contribution is -2.04. The van der Waals surface area contributed by atoms with E-state index in [9.17, 15) is 10.1 Å². The van der Waals surface area contributed by atoms with E-state index in [0.717, 1.165) is 11.1 Å². The third-order valence-corrected chi connectivity index (χ3v) is 3.10. The number of nitrogens with two attached hydrogens (primary N) is 1. The normalized spacial score (nSPS) is 10.3. The summed E-state index contributed by atoms with van der Waals surface area (Å²) in [4.78, 5) is 10.7. The second-order valence-corrected chi connectivity index (χ2v) is 4.65. The monoisotopic (exact) mass is 271 g/mol. The first-order valence-corrected chi connectivity index (χ1v) is 6.37. The number of hydrogen-bond donors (Lipinski definition) is 2. The molecule has 0 heterocycles. The Bertz CT molecular complexity index is 609. The second kappa shape index (κ2) is 6.16. The minimum atomic E-state index is -0.392. The van der Waals surface area contributed by atoms with Gasteiger partial charge in [-0.2, -0.15) is 0 Å². The van der Waals surface area contributed by atoms with E-state index in [4.69, 9.17) is 5.73 Å². The Morgan fingerprint density at radius 1 is 1.15 bits per heavy atom. The van der Waals surface area contributed by atoms with Crippen LogP contribution in [-0.2, 0) is 13.1 Å². The zero-order valence-electron chi connectivity index (χ0n) is 11.3. The van der Waals surface area contributed by atoms with Crippen molar-refractivity contribution in [1.82, 2.24) is 0 Å².